The highest BCUT2D eigenvalue weighted by molar-refractivity contribution is 5.75. The predicted molar refractivity (Wildman–Crippen MR) is 299 cm³/mol. The molecule has 1 amide bonds. The van der Waals surface area contributed by atoms with Crippen LogP contribution in [0, 0.1) is 17.8 Å². The molecule has 1 unspecified atom stereocenters. The minimum Gasteiger partial charge on any atom is -0.459 e. The minimum atomic E-state index is -1.91. The van der Waals surface area contributed by atoms with Crippen molar-refractivity contribution in [3.63, 3.8) is 0 Å². The molecular weight excluding hydrogens is 971 g/mol. The van der Waals surface area contributed by atoms with E-state index in [1.54, 1.807) is 34.6 Å². The summed E-state index contributed by atoms with van der Waals surface area (Å²) in [6, 6.07) is -0.976. The van der Waals surface area contributed by atoms with Crippen molar-refractivity contribution >= 4 is 11.9 Å². The second kappa shape index (κ2) is 33.0. The third-order valence-electron chi connectivity index (χ3n) is 15.9. The lowest BCUT2D eigenvalue weighted by molar-refractivity contribution is -0.318. The van der Waals surface area contributed by atoms with Crippen LogP contribution in [0.5, 0.6) is 0 Å². The van der Waals surface area contributed by atoms with E-state index in [1.165, 1.54) is 14.0 Å². The van der Waals surface area contributed by atoms with Crippen LogP contribution in [-0.2, 0) is 38.0 Å². The standard InChI is InChI=1S/C60H105N3O13/c1-15-17-18-19-20-21-22-23-24-25-26-27-28-29-30-31-32-34-49(64)61-35-33-36-63-40-41(3)38-58(9,69)55(76-57-51(65)47(62(12)13)37-42(4)72-57)43(5)52(75-50-39-59(10,71-14)54(67)46(8)73-50)44(6)56(68)74-48(16-2)60(11,70)53(66)45(63)7/h17-18,20-21,23-24,26-27,29-30,41-48,50-55,57,65-67,69-70H,15-16,19,22,25,28,31-40H2,1-14H3,(H,61,64)/b18-17-,21-20-,24-23-,27-26-,30-29-/t41?,42-,43+,44-,45-,46+,47+,48-,50+,51-,52+,53-,54+,55-,57+,58-,59-,60-/m1/s1. The summed E-state index contributed by atoms with van der Waals surface area (Å²) in [6.45, 7) is 21.0. The Morgan fingerprint density at radius 1 is 0.816 bits per heavy atom. The summed E-state index contributed by atoms with van der Waals surface area (Å²) < 4.78 is 38.2. The molecule has 0 aromatic carbocycles. The van der Waals surface area contributed by atoms with E-state index in [0.717, 1.165) is 44.9 Å². The zero-order valence-corrected chi connectivity index (χ0v) is 49.1. The Kier molecular flexibility index (Phi) is 29.3. The molecule has 3 rings (SSSR count). The van der Waals surface area contributed by atoms with Gasteiger partial charge in [0.2, 0.25) is 5.91 Å². The molecule has 16 nitrogen and oxygen atoms in total. The molecule has 0 aromatic rings. The van der Waals surface area contributed by atoms with Crippen molar-refractivity contribution in [3.05, 3.63) is 60.8 Å². The van der Waals surface area contributed by atoms with Crippen LogP contribution in [0.2, 0.25) is 0 Å². The average Bonchev–Trinajstić information content (AvgIpc) is 3.36. The summed E-state index contributed by atoms with van der Waals surface area (Å²) in [5.74, 6) is -2.88. The molecule has 16 heteroatoms. The van der Waals surface area contributed by atoms with Crippen molar-refractivity contribution in [2.75, 3.05) is 40.8 Å². The first kappa shape index (κ1) is 67.4. The van der Waals surface area contributed by atoms with Crippen molar-refractivity contribution in [1.82, 2.24) is 15.1 Å². The molecule has 0 bridgehead atoms. The van der Waals surface area contributed by atoms with Gasteiger partial charge in [0.05, 0.1) is 41.5 Å². The normalized spacial score (nSPS) is 38.2. The van der Waals surface area contributed by atoms with Crippen LogP contribution in [0.4, 0.5) is 0 Å². The number of methoxy groups -OCH3 is 1. The van der Waals surface area contributed by atoms with Crippen LogP contribution < -0.4 is 5.32 Å². The Hall–Kier alpha value is -2.84. The largest absolute Gasteiger partial charge is 0.459 e. The summed E-state index contributed by atoms with van der Waals surface area (Å²) in [5.41, 5.74) is -4.61. The number of unbranched alkanes of at least 4 members (excludes halogenated alkanes) is 1. The summed E-state index contributed by atoms with van der Waals surface area (Å²) in [6.07, 6.45) is 19.9. The first-order valence-corrected chi connectivity index (χ1v) is 28.6. The van der Waals surface area contributed by atoms with Crippen LogP contribution in [0.1, 0.15) is 160 Å². The average molecular weight is 1080 g/mol. The van der Waals surface area contributed by atoms with Crippen molar-refractivity contribution < 1.29 is 63.5 Å². The Morgan fingerprint density at radius 3 is 1.97 bits per heavy atom. The van der Waals surface area contributed by atoms with Gasteiger partial charge in [-0.1, -0.05) is 88.5 Å². The lowest BCUT2D eigenvalue weighted by Crippen LogP contribution is -2.60. The molecule has 0 spiro atoms. The molecule has 6 N–H and O–H groups in total. The summed E-state index contributed by atoms with van der Waals surface area (Å²) in [5, 5.41) is 63.2. The van der Waals surface area contributed by atoms with Gasteiger partial charge < -0.3 is 64.2 Å². The number of amides is 1. The van der Waals surface area contributed by atoms with Gasteiger partial charge in [0.25, 0.3) is 0 Å². The molecule has 3 heterocycles. The van der Waals surface area contributed by atoms with Gasteiger partial charge in [0, 0.05) is 57.6 Å². The maximum absolute atomic E-state index is 14.6. The minimum absolute atomic E-state index is 0.0395. The highest BCUT2D eigenvalue weighted by atomic mass is 16.7. The Labute approximate surface area is 458 Å². The maximum atomic E-state index is 14.6. The number of hydrogen-bond acceptors (Lipinski definition) is 15. The molecule has 0 saturated carbocycles. The van der Waals surface area contributed by atoms with Crippen LogP contribution in [-0.4, -0.2) is 178 Å². The van der Waals surface area contributed by atoms with Gasteiger partial charge in [-0.3, -0.25) is 14.5 Å². The number of aliphatic hydroxyl groups excluding tert-OH is 3. The molecule has 3 saturated heterocycles. The number of nitrogens with one attached hydrogen (secondary N) is 1. The Balaban J connectivity index is 1.82. The highest BCUT2D eigenvalue weighted by Crippen LogP contribution is 2.40. The van der Waals surface area contributed by atoms with Gasteiger partial charge in [0.1, 0.15) is 30.0 Å². The maximum Gasteiger partial charge on any atom is 0.311 e. The van der Waals surface area contributed by atoms with Crippen LogP contribution in [0.15, 0.2) is 60.8 Å². The quantitative estimate of drug-likeness (QED) is 0.0311. The fourth-order valence-electron chi connectivity index (χ4n) is 11.2. The molecular formula is C60H105N3O13. The van der Waals surface area contributed by atoms with Crippen LogP contribution in [0.25, 0.3) is 0 Å². The number of ether oxygens (including phenoxy) is 6. The number of rotatable bonds is 24. The summed E-state index contributed by atoms with van der Waals surface area (Å²) in [4.78, 5) is 31.5. The highest BCUT2D eigenvalue weighted by Gasteiger charge is 2.53. The number of allylic oxidation sites excluding steroid dienone is 10. The topological polar surface area (TPSA) is 209 Å². The van der Waals surface area contributed by atoms with Gasteiger partial charge in [0.15, 0.2) is 12.6 Å². The van der Waals surface area contributed by atoms with Gasteiger partial charge >= 0.3 is 5.97 Å². The van der Waals surface area contributed by atoms with E-state index in [1.807, 2.05) is 46.7 Å². The molecule has 3 aliphatic heterocycles. The third-order valence-corrected chi connectivity index (χ3v) is 15.9. The van der Waals surface area contributed by atoms with Crippen molar-refractivity contribution in [3.8, 4) is 0 Å². The van der Waals surface area contributed by atoms with Gasteiger partial charge in [-0.2, -0.15) is 0 Å². The Bertz CT molecular complexity index is 1840. The lowest BCUT2D eigenvalue weighted by Gasteiger charge is -2.48. The van der Waals surface area contributed by atoms with E-state index in [0.29, 0.717) is 38.9 Å². The second-order valence-corrected chi connectivity index (χ2v) is 23.0. The van der Waals surface area contributed by atoms with Crippen LogP contribution in [0.3, 0.4) is 0 Å². The number of cyclic esters (lactones) is 1. The molecule has 76 heavy (non-hydrogen) atoms. The second-order valence-electron chi connectivity index (χ2n) is 23.0. The van der Waals surface area contributed by atoms with Crippen molar-refractivity contribution in [2.24, 2.45) is 17.8 Å². The van der Waals surface area contributed by atoms with E-state index >= 15 is 0 Å². The number of carbonyl (C=O) groups excluding carboxylic acids is 2. The molecule has 0 aromatic heterocycles. The predicted octanol–water partition coefficient (Wildman–Crippen LogP) is 7.70. The Morgan fingerprint density at radius 2 is 1.41 bits per heavy atom. The lowest BCUT2D eigenvalue weighted by atomic mass is 9.77. The van der Waals surface area contributed by atoms with Crippen molar-refractivity contribution in [1.29, 1.82) is 0 Å². The summed E-state index contributed by atoms with van der Waals surface area (Å²) >= 11 is 0. The first-order valence-electron chi connectivity index (χ1n) is 28.6. The monoisotopic (exact) mass is 1080 g/mol. The molecule has 438 valence electrons. The molecule has 0 radical (unpaired) electrons. The van der Waals surface area contributed by atoms with Gasteiger partial charge in [-0.05, 0) is 139 Å². The summed E-state index contributed by atoms with van der Waals surface area (Å²) in [7, 11) is 5.27. The molecule has 3 fully saturated rings. The molecule has 0 aliphatic carbocycles. The smallest absolute Gasteiger partial charge is 0.311 e. The van der Waals surface area contributed by atoms with Crippen LogP contribution >= 0.6 is 0 Å². The number of esters is 1. The van der Waals surface area contributed by atoms with E-state index in [2.05, 4.69) is 77.9 Å². The number of likely N-dealkylation sites (N-methyl/N-ethyl adjacent to an activating group) is 1. The number of hydrogen-bond donors (Lipinski definition) is 6. The molecule has 3 aliphatic rings. The van der Waals surface area contributed by atoms with E-state index in [4.69, 9.17) is 28.4 Å². The van der Waals surface area contributed by atoms with Gasteiger partial charge in [-0.15, -0.1) is 0 Å². The van der Waals surface area contributed by atoms with E-state index in [9.17, 15) is 35.1 Å². The fourth-order valence-corrected chi connectivity index (χ4v) is 11.2. The molecule has 18 atom stereocenters. The fraction of sp³-hybridized carbons (Fsp3) is 0.800. The zero-order valence-electron chi connectivity index (χ0n) is 49.1. The van der Waals surface area contributed by atoms with E-state index < -0.39 is 96.0 Å². The SMILES string of the molecule is CC/C=C\C/C=C\C/C=C\C/C=C\C/C=C\CCCC(=O)NCCCN1CC(C)C[C@@](C)(O)[C@H](O[C@@H]2O[C@H](C)C[C@H](N(C)C)[C@H]2O)[C@@H](C)[C@H](O[C@H]2C[C@@](C)(OC)[C@@H](O)[C@H](C)O2)[C@@H](C)C(=O)O[C@H](CC)[C@@](C)(O)[C@H](O)[C@H]1C. The van der Waals surface area contributed by atoms with Gasteiger partial charge in [-0.25, -0.2) is 0 Å². The van der Waals surface area contributed by atoms with Crippen molar-refractivity contribution in [2.45, 2.75) is 250 Å². The third kappa shape index (κ3) is 20.7. The van der Waals surface area contributed by atoms with E-state index in [-0.39, 0.29) is 43.2 Å². The number of carbonyl (C=O) groups is 2. The zero-order chi connectivity index (χ0) is 56.8. The number of aliphatic hydroxyl groups is 5. The number of nitrogens with zero attached hydrogens (tertiary/aromatic N) is 2. The first-order chi connectivity index (χ1) is 35.8.